The monoisotopic (exact) mass is 434 g/mol. The average molecular weight is 434 g/mol. The van der Waals surface area contributed by atoms with Gasteiger partial charge in [-0.1, -0.05) is 13.3 Å². The largest absolute Gasteiger partial charge is 0.493 e. The summed E-state index contributed by atoms with van der Waals surface area (Å²) in [5.41, 5.74) is -0.461. The maximum Gasteiger partial charge on any atom is 0.408 e. The third-order valence-electron chi connectivity index (χ3n) is 4.15. The molecular weight excluding hydrogens is 404 g/mol. The van der Waals surface area contributed by atoms with Gasteiger partial charge in [-0.15, -0.1) is 0 Å². The van der Waals surface area contributed by atoms with Crippen molar-refractivity contribution in [1.82, 2.24) is 10.3 Å². The lowest BCUT2D eigenvalue weighted by Crippen LogP contribution is -2.34. The first kappa shape index (κ1) is 24.0. The van der Waals surface area contributed by atoms with Crippen molar-refractivity contribution in [2.75, 3.05) is 13.7 Å². The minimum Gasteiger partial charge on any atom is -0.493 e. The van der Waals surface area contributed by atoms with E-state index >= 15 is 0 Å². The van der Waals surface area contributed by atoms with Crippen LogP contribution in [-0.2, 0) is 4.74 Å². The highest BCUT2D eigenvalue weighted by Gasteiger charge is 2.27. The molecule has 1 aromatic heterocycles. The highest BCUT2D eigenvalue weighted by molar-refractivity contribution is 5.87. The number of hydrogen-bond donors (Lipinski definition) is 2. The van der Waals surface area contributed by atoms with Gasteiger partial charge in [-0.2, -0.15) is 0 Å². The lowest BCUT2D eigenvalue weighted by atomic mass is 10.2. The number of aromatic carboxylic acids is 1. The lowest BCUT2D eigenvalue weighted by Gasteiger charge is -2.21. The standard InChI is InChI=1S/C22H30N2O7/c1-7-8-11-29-16-12-14(9-10-15(16)28-6)19-24-17(20(25)26)18(30-19)13(2)23-21(27)31-22(3,4)5/h9-10,12-13H,7-8,11H2,1-6H3,(H,23,27)(H,25,26). The molecule has 2 N–H and O–H groups in total. The number of carbonyl (C=O) groups excluding carboxylic acids is 1. The number of alkyl carbamates (subject to hydrolysis) is 1. The van der Waals surface area contributed by atoms with Crippen LogP contribution in [0.15, 0.2) is 22.6 Å². The summed E-state index contributed by atoms with van der Waals surface area (Å²) in [5.74, 6) is -0.114. The number of methoxy groups -OCH3 is 1. The third kappa shape index (κ3) is 6.63. The number of ether oxygens (including phenoxy) is 3. The van der Waals surface area contributed by atoms with Gasteiger partial charge in [0.05, 0.1) is 19.8 Å². The number of rotatable bonds is 9. The summed E-state index contributed by atoms with van der Waals surface area (Å²) in [7, 11) is 1.54. The Morgan fingerprint density at radius 2 is 1.97 bits per heavy atom. The van der Waals surface area contributed by atoms with E-state index in [-0.39, 0.29) is 17.3 Å². The van der Waals surface area contributed by atoms with Crippen LogP contribution in [0.1, 0.15) is 69.8 Å². The predicted octanol–water partition coefficient (Wildman–Crippen LogP) is 4.81. The van der Waals surface area contributed by atoms with Crippen LogP contribution >= 0.6 is 0 Å². The average Bonchev–Trinajstić information content (AvgIpc) is 3.12. The molecule has 0 aliphatic carbocycles. The minimum atomic E-state index is -1.27. The molecule has 0 aliphatic heterocycles. The fraction of sp³-hybridized carbons (Fsp3) is 0.500. The molecule has 9 nitrogen and oxygen atoms in total. The molecule has 0 bridgehead atoms. The summed E-state index contributed by atoms with van der Waals surface area (Å²) < 4.78 is 22.1. The van der Waals surface area contributed by atoms with E-state index in [4.69, 9.17) is 18.6 Å². The van der Waals surface area contributed by atoms with Gasteiger partial charge >= 0.3 is 12.1 Å². The molecule has 2 aromatic rings. The molecule has 1 aromatic carbocycles. The summed E-state index contributed by atoms with van der Waals surface area (Å²) in [4.78, 5) is 27.9. The fourth-order valence-electron chi connectivity index (χ4n) is 2.70. The Morgan fingerprint density at radius 3 is 2.55 bits per heavy atom. The Hall–Kier alpha value is -3.23. The molecule has 0 saturated carbocycles. The van der Waals surface area contributed by atoms with Gasteiger partial charge in [-0.3, -0.25) is 0 Å². The van der Waals surface area contributed by atoms with E-state index < -0.39 is 23.7 Å². The van der Waals surface area contributed by atoms with E-state index in [1.165, 1.54) is 7.11 Å². The number of oxazole rings is 1. The maximum atomic E-state index is 12.1. The molecule has 9 heteroatoms. The molecule has 1 heterocycles. The molecule has 0 radical (unpaired) electrons. The first-order valence-electron chi connectivity index (χ1n) is 10.1. The topological polar surface area (TPSA) is 120 Å². The first-order chi connectivity index (χ1) is 14.6. The Labute approximate surface area is 181 Å². The second-order valence-electron chi connectivity index (χ2n) is 7.97. The first-order valence-corrected chi connectivity index (χ1v) is 10.1. The number of nitrogens with one attached hydrogen (secondary N) is 1. The van der Waals surface area contributed by atoms with Crippen molar-refractivity contribution in [3.05, 3.63) is 29.7 Å². The van der Waals surface area contributed by atoms with Crippen LogP contribution in [0.3, 0.4) is 0 Å². The summed E-state index contributed by atoms with van der Waals surface area (Å²) in [6.45, 7) is 9.37. The molecule has 1 unspecified atom stereocenters. The smallest absolute Gasteiger partial charge is 0.408 e. The Balaban J connectivity index is 2.33. The van der Waals surface area contributed by atoms with Crippen LogP contribution in [0.4, 0.5) is 4.79 Å². The zero-order valence-electron chi connectivity index (χ0n) is 18.8. The molecule has 0 saturated heterocycles. The second-order valence-corrected chi connectivity index (χ2v) is 7.97. The van der Waals surface area contributed by atoms with E-state index in [0.717, 1.165) is 12.8 Å². The number of carboxylic acid groups (broad SMARTS) is 1. The maximum absolute atomic E-state index is 12.1. The van der Waals surface area contributed by atoms with Gasteiger partial charge in [0.1, 0.15) is 5.60 Å². The summed E-state index contributed by atoms with van der Waals surface area (Å²) in [6.07, 6.45) is 1.17. The summed E-state index contributed by atoms with van der Waals surface area (Å²) >= 11 is 0. The Kier molecular flexibility index (Phi) is 7.90. The van der Waals surface area contributed by atoms with Gasteiger partial charge in [0.25, 0.3) is 0 Å². The van der Waals surface area contributed by atoms with Crippen LogP contribution in [-0.4, -0.2) is 41.5 Å². The van der Waals surface area contributed by atoms with Gasteiger partial charge in [-0.05, 0) is 52.3 Å². The number of amides is 1. The van der Waals surface area contributed by atoms with Crippen molar-refractivity contribution in [3.8, 4) is 23.0 Å². The SMILES string of the molecule is CCCCOc1cc(-c2nc(C(=O)O)c(C(C)NC(=O)OC(C)(C)C)o2)ccc1OC. The number of carboxylic acids is 1. The number of benzene rings is 1. The molecular formula is C22H30N2O7. The van der Waals surface area contributed by atoms with Crippen LogP contribution in [0.2, 0.25) is 0 Å². The van der Waals surface area contributed by atoms with Crippen LogP contribution in [0.5, 0.6) is 11.5 Å². The minimum absolute atomic E-state index is 0.0117. The van der Waals surface area contributed by atoms with Crippen LogP contribution < -0.4 is 14.8 Å². The Morgan fingerprint density at radius 1 is 1.26 bits per heavy atom. The van der Waals surface area contributed by atoms with Crippen molar-refractivity contribution < 1.29 is 33.3 Å². The van der Waals surface area contributed by atoms with Crippen molar-refractivity contribution in [1.29, 1.82) is 0 Å². The van der Waals surface area contributed by atoms with Crippen molar-refractivity contribution in [2.24, 2.45) is 0 Å². The molecule has 31 heavy (non-hydrogen) atoms. The highest BCUT2D eigenvalue weighted by atomic mass is 16.6. The van der Waals surface area contributed by atoms with Gasteiger partial charge in [0, 0.05) is 5.56 Å². The summed E-state index contributed by atoms with van der Waals surface area (Å²) in [6, 6.07) is 4.30. The third-order valence-corrected chi connectivity index (χ3v) is 4.15. The van der Waals surface area contributed by atoms with Gasteiger partial charge in [0.15, 0.2) is 23.0 Å². The Bertz CT molecular complexity index is 915. The zero-order chi connectivity index (χ0) is 23.2. The highest BCUT2D eigenvalue weighted by Crippen LogP contribution is 2.34. The molecule has 0 fully saturated rings. The lowest BCUT2D eigenvalue weighted by molar-refractivity contribution is 0.0498. The molecule has 1 amide bonds. The second kappa shape index (κ2) is 10.2. The van der Waals surface area contributed by atoms with E-state index in [2.05, 4.69) is 17.2 Å². The number of carbonyl (C=O) groups is 2. The van der Waals surface area contributed by atoms with Crippen LogP contribution in [0.25, 0.3) is 11.5 Å². The zero-order valence-corrected chi connectivity index (χ0v) is 18.8. The van der Waals surface area contributed by atoms with E-state index in [0.29, 0.717) is 23.7 Å². The number of unbranched alkanes of at least 4 members (excludes halogenated alkanes) is 1. The predicted molar refractivity (Wildman–Crippen MR) is 114 cm³/mol. The van der Waals surface area contributed by atoms with E-state index in [1.807, 2.05) is 0 Å². The summed E-state index contributed by atoms with van der Waals surface area (Å²) in [5, 5.41) is 12.1. The van der Waals surface area contributed by atoms with Gasteiger partial charge in [0.2, 0.25) is 5.89 Å². The number of hydrogen-bond acceptors (Lipinski definition) is 7. The van der Waals surface area contributed by atoms with E-state index in [9.17, 15) is 14.7 Å². The normalized spacial score (nSPS) is 12.2. The quantitative estimate of drug-likeness (QED) is 0.539. The molecule has 170 valence electrons. The number of aromatic nitrogens is 1. The molecule has 0 spiro atoms. The number of nitrogens with zero attached hydrogens (tertiary/aromatic N) is 1. The van der Waals surface area contributed by atoms with Crippen molar-refractivity contribution in [2.45, 2.75) is 59.1 Å². The van der Waals surface area contributed by atoms with Gasteiger partial charge < -0.3 is 29.1 Å². The van der Waals surface area contributed by atoms with Crippen molar-refractivity contribution in [3.63, 3.8) is 0 Å². The molecule has 0 aliphatic rings. The fourth-order valence-corrected chi connectivity index (χ4v) is 2.70. The molecule has 1 atom stereocenters. The van der Waals surface area contributed by atoms with Crippen LogP contribution in [0, 0.1) is 0 Å². The van der Waals surface area contributed by atoms with Crippen molar-refractivity contribution >= 4 is 12.1 Å². The molecule has 2 rings (SSSR count). The van der Waals surface area contributed by atoms with E-state index in [1.54, 1.807) is 45.9 Å². The van der Waals surface area contributed by atoms with Gasteiger partial charge in [-0.25, -0.2) is 14.6 Å².